The minimum atomic E-state index is -0.124. The van der Waals surface area contributed by atoms with Gasteiger partial charge in [0.15, 0.2) is 0 Å². The number of benzene rings is 2. The third-order valence-corrected chi connectivity index (χ3v) is 5.42. The van der Waals surface area contributed by atoms with Gasteiger partial charge in [0.25, 0.3) is 0 Å². The van der Waals surface area contributed by atoms with Crippen LogP contribution in [0.2, 0.25) is 0 Å². The van der Waals surface area contributed by atoms with Crippen molar-refractivity contribution in [1.82, 2.24) is 4.98 Å². The number of nitrogens with zero attached hydrogens (tertiary/aromatic N) is 2. The first kappa shape index (κ1) is 16.1. The maximum atomic E-state index is 6.34. The number of hydrogen-bond acceptors (Lipinski definition) is 4. The summed E-state index contributed by atoms with van der Waals surface area (Å²) in [6.07, 6.45) is 5.68. The molecule has 0 unspecified atom stereocenters. The quantitative estimate of drug-likeness (QED) is 0.742. The van der Waals surface area contributed by atoms with Crippen LogP contribution in [0.3, 0.4) is 0 Å². The Balaban J connectivity index is 1.66. The van der Waals surface area contributed by atoms with Crippen LogP contribution in [0.4, 0.5) is 5.69 Å². The summed E-state index contributed by atoms with van der Waals surface area (Å²) in [7, 11) is 2.00. The van der Waals surface area contributed by atoms with Gasteiger partial charge in [-0.1, -0.05) is 54.6 Å². The van der Waals surface area contributed by atoms with E-state index in [1.807, 2.05) is 36.3 Å². The number of pyridine rings is 1. The minimum absolute atomic E-state index is 0.124. The van der Waals surface area contributed by atoms with Crippen molar-refractivity contribution in [3.05, 3.63) is 78.7 Å². The molecule has 134 valence electrons. The van der Waals surface area contributed by atoms with Crippen LogP contribution in [0.5, 0.6) is 5.88 Å². The second-order valence-corrected chi connectivity index (χ2v) is 7.32. The van der Waals surface area contributed by atoms with Gasteiger partial charge in [-0.2, -0.15) is 0 Å². The Kier molecular flexibility index (Phi) is 3.55. The van der Waals surface area contributed by atoms with Gasteiger partial charge >= 0.3 is 0 Å². The van der Waals surface area contributed by atoms with E-state index >= 15 is 0 Å². The van der Waals surface area contributed by atoms with E-state index in [4.69, 9.17) is 15.5 Å². The van der Waals surface area contributed by atoms with E-state index in [9.17, 15) is 0 Å². The van der Waals surface area contributed by atoms with Gasteiger partial charge in [-0.25, -0.2) is 4.98 Å². The maximum absolute atomic E-state index is 6.34. The largest absolute Gasteiger partial charge is 0.443 e. The summed E-state index contributed by atoms with van der Waals surface area (Å²) >= 11 is 0. The SMILES string of the molecule is CN1C=COc2nc(-c3ccc(C4(N)CC4)cc3)c(-c3ccccc3)cc21. The molecule has 1 aromatic heterocycles. The molecule has 3 aromatic rings. The Bertz CT molecular complexity index is 1020. The number of fused-ring (bicyclic) bond motifs is 1. The van der Waals surface area contributed by atoms with Crippen molar-refractivity contribution in [3.8, 4) is 28.3 Å². The smallest absolute Gasteiger partial charge is 0.243 e. The van der Waals surface area contributed by atoms with Crippen molar-refractivity contribution in [2.24, 2.45) is 5.73 Å². The van der Waals surface area contributed by atoms with Crippen LogP contribution in [0.25, 0.3) is 22.4 Å². The van der Waals surface area contributed by atoms with Crippen LogP contribution in [-0.2, 0) is 5.54 Å². The number of hydrogen-bond donors (Lipinski definition) is 1. The highest BCUT2D eigenvalue weighted by atomic mass is 16.5. The molecule has 2 N–H and O–H groups in total. The van der Waals surface area contributed by atoms with Gasteiger partial charge in [0.1, 0.15) is 11.9 Å². The van der Waals surface area contributed by atoms with Crippen LogP contribution >= 0.6 is 0 Å². The number of nitrogens with two attached hydrogens (primary N) is 1. The van der Waals surface area contributed by atoms with Gasteiger partial charge in [-0.05, 0) is 30.0 Å². The summed E-state index contributed by atoms with van der Waals surface area (Å²) in [5, 5.41) is 0. The van der Waals surface area contributed by atoms with E-state index < -0.39 is 0 Å². The topological polar surface area (TPSA) is 51.4 Å². The maximum Gasteiger partial charge on any atom is 0.243 e. The van der Waals surface area contributed by atoms with Crippen molar-refractivity contribution >= 4 is 5.69 Å². The lowest BCUT2D eigenvalue weighted by Gasteiger charge is -2.23. The second-order valence-electron chi connectivity index (χ2n) is 7.32. The highest BCUT2D eigenvalue weighted by molar-refractivity contribution is 5.85. The van der Waals surface area contributed by atoms with Crippen molar-refractivity contribution in [3.63, 3.8) is 0 Å². The van der Waals surface area contributed by atoms with E-state index in [1.165, 1.54) is 5.56 Å². The minimum Gasteiger partial charge on any atom is -0.443 e. The lowest BCUT2D eigenvalue weighted by Crippen LogP contribution is -2.18. The van der Waals surface area contributed by atoms with Crippen molar-refractivity contribution in [2.45, 2.75) is 18.4 Å². The molecular weight excluding hydrogens is 334 g/mol. The zero-order valence-electron chi connectivity index (χ0n) is 15.2. The molecule has 27 heavy (non-hydrogen) atoms. The molecule has 0 amide bonds. The van der Waals surface area contributed by atoms with Crippen LogP contribution in [0.1, 0.15) is 18.4 Å². The summed E-state index contributed by atoms with van der Waals surface area (Å²) < 4.78 is 5.68. The molecule has 0 saturated heterocycles. The summed E-state index contributed by atoms with van der Waals surface area (Å²) in [5.41, 5.74) is 12.6. The highest BCUT2D eigenvalue weighted by Gasteiger charge is 2.39. The number of rotatable bonds is 3. The number of aromatic nitrogens is 1. The predicted octanol–water partition coefficient (Wildman–Crippen LogP) is 4.66. The van der Waals surface area contributed by atoms with Gasteiger partial charge in [0, 0.05) is 29.9 Å². The third kappa shape index (κ3) is 2.78. The molecule has 0 spiro atoms. The second kappa shape index (κ2) is 5.96. The summed E-state index contributed by atoms with van der Waals surface area (Å²) in [5.74, 6) is 0.622. The molecule has 2 heterocycles. The highest BCUT2D eigenvalue weighted by Crippen LogP contribution is 2.44. The molecule has 0 bridgehead atoms. The Morgan fingerprint density at radius 2 is 1.74 bits per heavy atom. The molecule has 1 fully saturated rings. The Hall–Kier alpha value is -3.11. The molecule has 1 aliphatic carbocycles. The van der Waals surface area contributed by atoms with Crippen LogP contribution in [0, 0.1) is 0 Å². The molecule has 2 aromatic carbocycles. The third-order valence-electron chi connectivity index (χ3n) is 5.42. The van der Waals surface area contributed by atoms with Crippen molar-refractivity contribution < 1.29 is 4.74 Å². The number of ether oxygens (including phenoxy) is 1. The monoisotopic (exact) mass is 355 g/mol. The fraction of sp³-hybridized carbons (Fsp3) is 0.174. The van der Waals surface area contributed by atoms with Gasteiger partial charge in [-0.3, -0.25) is 0 Å². The molecule has 1 aliphatic heterocycles. The van der Waals surface area contributed by atoms with Crippen LogP contribution in [-0.4, -0.2) is 12.0 Å². The lowest BCUT2D eigenvalue weighted by atomic mass is 9.96. The average molecular weight is 355 g/mol. The first-order valence-corrected chi connectivity index (χ1v) is 9.20. The van der Waals surface area contributed by atoms with Crippen molar-refractivity contribution in [2.75, 3.05) is 11.9 Å². The molecule has 1 saturated carbocycles. The lowest BCUT2D eigenvalue weighted by molar-refractivity contribution is 0.453. The molecular formula is C23H21N3O. The van der Waals surface area contributed by atoms with E-state index in [-0.39, 0.29) is 5.54 Å². The van der Waals surface area contributed by atoms with Gasteiger partial charge in [0.05, 0.1) is 5.69 Å². The van der Waals surface area contributed by atoms with Crippen molar-refractivity contribution in [1.29, 1.82) is 0 Å². The fourth-order valence-corrected chi connectivity index (χ4v) is 3.53. The van der Waals surface area contributed by atoms with E-state index in [0.29, 0.717) is 5.88 Å². The summed E-state index contributed by atoms with van der Waals surface area (Å²) in [4.78, 5) is 6.90. The normalized spacial score (nSPS) is 16.6. The predicted molar refractivity (Wildman–Crippen MR) is 108 cm³/mol. The Morgan fingerprint density at radius 1 is 1.00 bits per heavy atom. The molecule has 0 atom stereocenters. The summed E-state index contributed by atoms with van der Waals surface area (Å²) in [6.45, 7) is 0. The van der Waals surface area contributed by atoms with Crippen LogP contribution < -0.4 is 15.4 Å². The first-order valence-electron chi connectivity index (χ1n) is 9.20. The molecule has 4 heteroatoms. The van der Waals surface area contributed by atoms with E-state index in [1.54, 1.807) is 6.26 Å². The zero-order valence-corrected chi connectivity index (χ0v) is 15.2. The van der Waals surface area contributed by atoms with Gasteiger partial charge in [-0.15, -0.1) is 0 Å². The average Bonchev–Trinajstić information content (AvgIpc) is 3.47. The zero-order chi connectivity index (χ0) is 18.4. The molecule has 4 nitrogen and oxygen atoms in total. The standard InChI is InChI=1S/C23H21N3O/c1-26-13-14-27-22-20(26)15-19(16-5-3-2-4-6-16)21(25-22)17-7-9-18(10-8-17)23(24)11-12-23/h2-10,13-15H,11-12,24H2,1H3. The Morgan fingerprint density at radius 3 is 2.44 bits per heavy atom. The first-order chi connectivity index (χ1) is 13.1. The molecule has 5 rings (SSSR count). The summed E-state index contributed by atoms with van der Waals surface area (Å²) in [6, 6.07) is 21.0. The van der Waals surface area contributed by atoms with Gasteiger partial charge < -0.3 is 15.4 Å². The molecule has 2 aliphatic rings. The Labute approximate surface area is 158 Å². The molecule has 0 radical (unpaired) electrons. The van der Waals surface area contributed by atoms with Crippen LogP contribution in [0.15, 0.2) is 73.1 Å². The van der Waals surface area contributed by atoms with E-state index in [2.05, 4.69) is 42.5 Å². The van der Waals surface area contributed by atoms with E-state index in [0.717, 1.165) is 40.9 Å². The number of anilines is 1. The van der Waals surface area contributed by atoms with Gasteiger partial charge in [0.2, 0.25) is 5.88 Å². The fourth-order valence-electron chi connectivity index (χ4n) is 3.53.